The summed E-state index contributed by atoms with van der Waals surface area (Å²) in [6.45, 7) is 0. The molecule has 23 heavy (non-hydrogen) atoms. The van der Waals surface area contributed by atoms with Crippen molar-refractivity contribution in [1.29, 1.82) is 0 Å². The minimum atomic E-state index is -1.01. The second-order valence-electron chi connectivity index (χ2n) is 5.01. The maximum atomic E-state index is 11.3. The van der Waals surface area contributed by atoms with Crippen molar-refractivity contribution in [1.82, 2.24) is 4.98 Å². The van der Waals surface area contributed by atoms with Gasteiger partial charge in [-0.2, -0.15) is 0 Å². The molecule has 2 aromatic carbocycles. The molecule has 0 saturated heterocycles. The molecule has 0 saturated carbocycles. The molecule has 0 amide bonds. The number of benzene rings is 2. The van der Waals surface area contributed by atoms with Crippen LogP contribution in [0, 0.1) is 0 Å². The first-order chi connectivity index (χ1) is 11.2. The molecule has 0 spiro atoms. The van der Waals surface area contributed by atoms with E-state index < -0.39 is 5.97 Å². The molecule has 116 valence electrons. The summed E-state index contributed by atoms with van der Waals surface area (Å²) in [6, 6.07) is 15.2. The van der Waals surface area contributed by atoms with Gasteiger partial charge in [0, 0.05) is 17.4 Å². The van der Waals surface area contributed by atoms with Crippen molar-refractivity contribution in [2.24, 2.45) is 0 Å². The van der Waals surface area contributed by atoms with Gasteiger partial charge in [-0.05, 0) is 23.8 Å². The Kier molecular flexibility index (Phi) is 4.39. The summed E-state index contributed by atoms with van der Waals surface area (Å²) in [5.74, 6) is -0.663. The van der Waals surface area contributed by atoms with E-state index in [1.165, 1.54) is 12.7 Å². The van der Waals surface area contributed by atoms with Gasteiger partial charge in [-0.25, -0.2) is 9.78 Å². The molecule has 0 unspecified atom stereocenters. The topological polar surface area (TPSA) is 59.4 Å². The lowest BCUT2D eigenvalue weighted by Gasteiger charge is -2.06. The van der Waals surface area contributed by atoms with Gasteiger partial charge >= 0.3 is 5.97 Å². The van der Waals surface area contributed by atoms with Gasteiger partial charge in [0.25, 0.3) is 0 Å². The van der Waals surface area contributed by atoms with Crippen LogP contribution in [-0.4, -0.2) is 23.2 Å². The Labute approximate surface area is 138 Å². The highest BCUT2D eigenvalue weighted by molar-refractivity contribution is 7.10. The minimum absolute atomic E-state index is 0.141. The Hall–Kier alpha value is -2.66. The molecule has 1 heterocycles. The van der Waals surface area contributed by atoms with Gasteiger partial charge in [0.15, 0.2) is 0 Å². The van der Waals surface area contributed by atoms with Crippen molar-refractivity contribution in [3.63, 3.8) is 0 Å². The van der Waals surface area contributed by atoms with Crippen LogP contribution in [0.5, 0.6) is 5.75 Å². The number of rotatable bonds is 5. The zero-order chi connectivity index (χ0) is 16.2. The maximum absolute atomic E-state index is 11.3. The van der Waals surface area contributed by atoms with Crippen LogP contribution in [0.15, 0.2) is 53.9 Å². The summed E-state index contributed by atoms with van der Waals surface area (Å²) in [7, 11) is 1.46. The Morgan fingerprint density at radius 2 is 2.00 bits per heavy atom. The van der Waals surface area contributed by atoms with E-state index in [-0.39, 0.29) is 5.56 Å². The molecule has 0 aliphatic rings. The van der Waals surface area contributed by atoms with E-state index in [0.29, 0.717) is 5.75 Å². The van der Waals surface area contributed by atoms with Gasteiger partial charge in [-0.1, -0.05) is 30.3 Å². The van der Waals surface area contributed by atoms with Crippen molar-refractivity contribution in [2.75, 3.05) is 7.11 Å². The minimum Gasteiger partial charge on any atom is -0.496 e. The number of methoxy groups -OCH3 is 1. The zero-order valence-corrected chi connectivity index (χ0v) is 13.3. The first kappa shape index (κ1) is 15.2. The Bertz CT molecular complexity index is 827. The maximum Gasteiger partial charge on any atom is 0.339 e. The average Bonchev–Trinajstić information content (AvgIpc) is 3.03. The fraction of sp³-hybridized carbons (Fsp3) is 0.111. The summed E-state index contributed by atoms with van der Waals surface area (Å²) in [5, 5.41) is 12.2. The van der Waals surface area contributed by atoms with Crippen LogP contribution in [0.25, 0.3) is 11.3 Å². The normalized spacial score (nSPS) is 10.5. The van der Waals surface area contributed by atoms with Crippen LogP contribution in [0.2, 0.25) is 0 Å². The molecule has 0 radical (unpaired) electrons. The standard InChI is InChI=1S/C18H15NO3S/c1-22-16-8-7-13(10-14(16)18(20)21)15-11-23-17(19-15)9-12-5-3-2-4-6-12/h2-8,10-11H,9H2,1H3,(H,20,21). The van der Waals surface area contributed by atoms with Gasteiger partial charge in [0.05, 0.1) is 17.8 Å². The third-order valence-corrected chi connectivity index (χ3v) is 4.32. The van der Waals surface area contributed by atoms with Crippen molar-refractivity contribution < 1.29 is 14.6 Å². The molecule has 1 N–H and O–H groups in total. The van der Waals surface area contributed by atoms with E-state index in [9.17, 15) is 9.90 Å². The number of thiazole rings is 1. The molecule has 0 atom stereocenters. The molecule has 4 nitrogen and oxygen atoms in total. The van der Waals surface area contributed by atoms with E-state index in [1.807, 2.05) is 29.6 Å². The molecule has 0 aliphatic heterocycles. The predicted molar refractivity (Wildman–Crippen MR) is 90.3 cm³/mol. The quantitative estimate of drug-likeness (QED) is 0.767. The highest BCUT2D eigenvalue weighted by Crippen LogP contribution is 2.28. The van der Waals surface area contributed by atoms with Crippen LogP contribution in [0.3, 0.4) is 0 Å². The third-order valence-electron chi connectivity index (χ3n) is 3.48. The van der Waals surface area contributed by atoms with E-state index in [4.69, 9.17) is 4.74 Å². The molecular weight excluding hydrogens is 310 g/mol. The van der Waals surface area contributed by atoms with Crippen LogP contribution < -0.4 is 4.74 Å². The van der Waals surface area contributed by atoms with Gasteiger partial charge in [-0.15, -0.1) is 11.3 Å². The second-order valence-corrected chi connectivity index (χ2v) is 5.95. The number of ether oxygens (including phenoxy) is 1. The second kappa shape index (κ2) is 6.62. The van der Waals surface area contributed by atoms with Crippen LogP contribution >= 0.6 is 11.3 Å². The summed E-state index contributed by atoms with van der Waals surface area (Å²) < 4.78 is 5.08. The first-order valence-corrected chi connectivity index (χ1v) is 7.95. The summed E-state index contributed by atoms with van der Waals surface area (Å²) in [4.78, 5) is 15.9. The number of hydrogen-bond donors (Lipinski definition) is 1. The van der Waals surface area contributed by atoms with Crippen molar-refractivity contribution >= 4 is 17.3 Å². The predicted octanol–water partition coefficient (Wildman–Crippen LogP) is 4.11. The highest BCUT2D eigenvalue weighted by atomic mass is 32.1. The average molecular weight is 325 g/mol. The number of carboxylic acids is 1. The van der Waals surface area contributed by atoms with Crippen molar-refractivity contribution in [2.45, 2.75) is 6.42 Å². The number of hydrogen-bond acceptors (Lipinski definition) is 4. The Morgan fingerprint density at radius 1 is 1.22 bits per heavy atom. The van der Waals surface area contributed by atoms with Crippen LogP contribution in [-0.2, 0) is 6.42 Å². The van der Waals surface area contributed by atoms with E-state index in [2.05, 4.69) is 17.1 Å². The van der Waals surface area contributed by atoms with Gasteiger partial charge in [-0.3, -0.25) is 0 Å². The lowest BCUT2D eigenvalue weighted by atomic mass is 10.1. The number of aromatic carboxylic acids is 1. The number of carbonyl (C=O) groups is 1. The monoisotopic (exact) mass is 325 g/mol. The fourth-order valence-corrected chi connectivity index (χ4v) is 3.17. The zero-order valence-electron chi connectivity index (χ0n) is 12.5. The molecule has 0 bridgehead atoms. The van der Waals surface area contributed by atoms with Crippen molar-refractivity contribution in [3.05, 3.63) is 70.0 Å². The third kappa shape index (κ3) is 3.40. The van der Waals surface area contributed by atoms with E-state index in [0.717, 1.165) is 22.7 Å². The van der Waals surface area contributed by atoms with Gasteiger partial charge in [0.2, 0.25) is 0 Å². The SMILES string of the molecule is COc1ccc(-c2csc(Cc3ccccc3)n2)cc1C(=O)O. The van der Waals surface area contributed by atoms with Gasteiger partial charge < -0.3 is 9.84 Å². The molecule has 5 heteroatoms. The molecule has 3 rings (SSSR count). The highest BCUT2D eigenvalue weighted by Gasteiger charge is 2.14. The Balaban J connectivity index is 1.88. The molecule has 1 aromatic heterocycles. The fourth-order valence-electron chi connectivity index (χ4n) is 2.33. The number of aromatic nitrogens is 1. The largest absolute Gasteiger partial charge is 0.496 e. The lowest BCUT2D eigenvalue weighted by Crippen LogP contribution is -2.00. The smallest absolute Gasteiger partial charge is 0.339 e. The molecule has 0 fully saturated rings. The van der Waals surface area contributed by atoms with Crippen LogP contribution in [0.4, 0.5) is 0 Å². The number of nitrogens with zero attached hydrogens (tertiary/aromatic N) is 1. The number of carboxylic acid groups (broad SMARTS) is 1. The summed E-state index contributed by atoms with van der Waals surface area (Å²) >= 11 is 1.57. The van der Waals surface area contributed by atoms with Gasteiger partial charge in [0.1, 0.15) is 11.3 Å². The van der Waals surface area contributed by atoms with Crippen LogP contribution in [0.1, 0.15) is 20.9 Å². The van der Waals surface area contributed by atoms with E-state index in [1.54, 1.807) is 23.5 Å². The Morgan fingerprint density at radius 3 is 2.70 bits per heavy atom. The van der Waals surface area contributed by atoms with E-state index >= 15 is 0 Å². The first-order valence-electron chi connectivity index (χ1n) is 7.07. The lowest BCUT2D eigenvalue weighted by molar-refractivity contribution is 0.0693. The molecule has 3 aromatic rings. The summed E-state index contributed by atoms with van der Waals surface area (Å²) in [5.41, 5.74) is 2.90. The molecular formula is C18H15NO3S. The van der Waals surface area contributed by atoms with Crippen molar-refractivity contribution in [3.8, 4) is 17.0 Å². The molecule has 0 aliphatic carbocycles. The summed E-state index contributed by atoms with van der Waals surface area (Å²) in [6.07, 6.45) is 0.771.